The highest BCUT2D eigenvalue weighted by Crippen LogP contribution is 2.57. The molecule has 3 aliphatic rings. The van der Waals surface area contributed by atoms with Gasteiger partial charge in [0.1, 0.15) is 0 Å². The molecule has 2 heterocycles. The molecule has 0 bridgehead atoms. The zero-order valence-corrected chi connectivity index (χ0v) is 19.0. The van der Waals surface area contributed by atoms with E-state index in [0.717, 1.165) is 4.90 Å². The number of rotatable bonds is 3. The first-order valence-electron chi connectivity index (χ1n) is 11.0. The molecule has 2 amide bonds. The first-order valence-corrected chi connectivity index (χ1v) is 11.4. The summed E-state index contributed by atoms with van der Waals surface area (Å²) < 4.78 is 6.16. The number of amides is 2. The Morgan fingerprint density at radius 3 is 1.97 bits per heavy atom. The molecule has 3 atom stereocenters. The van der Waals surface area contributed by atoms with Crippen molar-refractivity contribution in [3.05, 3.63) is 105 Å². The highest BCUT2D eigenvalue weighted by molar-refractivity contribution is 6.37. The van der Waals surface area contributed by atoms with Crippen LogP contribution in [0.3, 0.4) is 0 Å². The number of hydrogen-bond donors (Lipinski definition) is 0. The highest BCUT2D eigenvalue weighted by atomic mass is 35.5. The van der Waals surface area contributed by atoms with Crippen LogP contribution in [-0.4, -0.2) is 33.9 Å². The fourth-order valence-corrected chi connectivity index (χ4v) is 5.57. The first kappa shape index (κ1) is 22.3. The fraction of sp³-hybridized carbons (Fsp3) is 0.154. The molecule has 0 N–H and O–H groups in total. The van der Waals surface area contributed by atoms with Gasteiger partial charge in [-0.25, -0.2) is 4.90 Å². The Balaban J connectivity index is 1.52. The molecule has 10 heteroatoms. The summed E-state index contributed by atoms with van der Waals surface area (Å²) in [6, 6.07) is 17.5. The van der Waals surface area contributed by atoms with E-state index in [2.05, 4.69) is 0 Å². The summed E-state index contributed by atoms with van der Waals surface area (Å²) in [4.78, 5) is 66.4. The Hall–Kier alpha value is -4.21. The van der Waals surface area contributed by atoms with Crippen molar-refractivity contribution in [1.29, 1.82) is 0 Å². The Bertz CT molecular complexity index is 1460. The molecule has 1 aliphatic carbocycles. The molecule has 36 heavy (non-hydrogen) atoms. The number of Topliss-reactive ketones (excluding diaryl/α,β-unsaturated/α-hetero) is 2. The van der Waals surface area contributed by atoms with Crippen molar-refractivity contribution < 1.29 is 28.8 Å². The van der Waals surface area contributed by atoms with Gasteiger partial charge in [-0.3, -0.25) is 29.3 Å². The number of ether oxygens (including phenoxy) is 1. The van der Waals surface area contributed by atoms with Gasteiger partial charge in [-0.1, -0.05) is 35.9 Å². The molecular formula is C26H15ClN2O7. The molecule has 2 saturated heterocycles. The van der Waals surface area contributed by atoms with E-state index < -0.39 is 51.8 Å². The first-order chi connectivity index (χ1) is 17.3. The van der Waals surface area contributed by atoms with Gasteiger partial charge in [-0.2, -0.15) is 0 Å². The van der Waals surface area contributed by atoms with Gasteiger partial charge in [0.05, 0.1) is 28.6 Å². The average molecular weight is 503 g/mol. The van der Waals surface area contributed by atoms with Gasteiger partial charge in [-0.05, 0) is 42.0 Å². The second-order valence-electron chi connectivity index (χ2n) is 8.82. The van der Waals surface area contributed by atoms with Gasteiger partial charge < -0.3 is 4.74 Å². The Kier molecular flexibility index (Phi) is 4.73. The third-order valence-electron chi connectivity index (χ3n) is 7.04. The van der Waals surface area contributed by atoms with E-state index in [9.17, 15) is 29.3 Å². The number of nitrogens with zero attached hydrogens (tertiary/aromatic N) is 2. The van der Waals surface area contributed by atoms with Crippen LogP contribution in [0, 0.1) is 22.0 Å². The number of halogens is 1. The molecule has 0 aromatic heterocycles. The Morgan fingerprint density at radius 1 is 0.833 bits per heavy atom. The van der Waals surface area contributed by atoms with Gasteiger partial charge in [0.15, 0.2) is 0 Å². The highest BCUT2D eigenvalue weighted by Gasteiger charge is 2.74. The third-order valence-corrected chi connectivity index (χ3v) is 7.29. The quantitative estimate of drug-likeness (QED) is 0.230. The van der Waals surface area contributed by atoms with Crippen LogP contribution in [0.4, 0.5) is 11.4 Å². The largest absolute Gasteiger partial charge is 0.349 e. The maximum Gasteiger partial charge on any atom is 0.269 e. The number of nitro benzene ring substituents is 1. The van der Waals surface area contributed by atoms with Gasteiger partial charge in [0, 0.05) is 28.3 Å². The van der Waals surface area contributed by atoms with Crippen LogP contribution in [0.1, 0.15) is 32.4 Å². The lowest BCUT2D eigenvalue weighted by molar-refractivity contribution is -0.384. The number of hydrogen-bond acceptors (Lipinski definition) is 7. The standard InChI is InChI=1S/C26H15ClN2O7/c27-14-7-11-15(12-8-14)28-24(32)19-20(25(28)33)26(22(30)17-3-1-2-4-18(17)23(26)31)36-21(19)13-5-9-16(10-6-13)29(34)35/h1-12,19-21H/t19-,20+,21+/m0/s1. The minimum absolute atomic E-state index is 0.121. The van der Waals surface area contributed by atoms with Crippen molar-refractivity contribution >= 4 is 46.4 Å². The summed E-state index contributed by atoms with van der Waals surface area (Å²) in [5.41, 5.74) is -1.57. The molecular weight excluding hydrogens is 488 g/mol. The zero-order chi connectivity index (χ0) is 25.4. The third kappa shape index (κ3) is 2.81. The molecule has 2 fully saturated rings. The number of fused-ring (bicyclic) bond motifs is 3. The smallest absolute Gasteiger partial charge is 0.269 e. The maximum atomic E-state index is 13.8. The Labute approximate surface area is 208 Å². The maximum absolute atomic E-state index is 13.8. The van der Waals surface area contributed by atoms with Crippen LogP contribution < -0.4 is 4.90 Å². The molecule has 0 saturated carbocycles. The molecule has 0 radical (unpaired) electrons. The lowest BCUT2D eigenvalue weighted by atomic mass is 9.77. The van der Waals surface area contributed by atoms with Crippen LogP contribution >= 0.6 is 11.6 Å². The summed E-state index contributed by atoms with van der Waals surface area (Å²) in [7, 11) is 0. The number of benzene rings is 3. The van der Waals surface area contributed by atoms with Crippen LogP contribution in [-0.2, 0) is 14.3 Å². The van der Waals surface area contributed by atoms with Gasteiger partial charge in [0.25, 0.3) is 5.69 Å². The van der Waals surface area contributed by atoms with Crippen molar-refractivity contribution in [2.45, 2.75) is 11.7 Å². The summed E-state index contributed by atoms with van der Waals surface area (Å²) in [6.07, 6.45) is -1.16. The number of non-ortho nitro benzene ring substituents is 1. The number of ketones is 2. The monoisotopic (exact) mass is 502 g/mol. The summed E-state index contributed by atoms with van der Waals surface area (Å²) in [5, 5.41) is 11.5. The van der Waals surface area contributed by atoms with Gasteiger partial charge in [0.2, 0.25) is 29.0 Å². The topological polar surface area (TPSA) is 124 Å². The molecule has 6 rings (SSSR count). The molecule has 1 spiro atoms. The van der Waals surface area contributed by atoms with Crippen molar-refractivity contribution in [3.8, 4) is 0 Å². The Morgan fingerprint density at radius 2 is 1.42 bits per heavy atom. The van der Waals surface area contributed by atoms with Crippen LogP contribution in [0.5, 0.6) is 0 Å². The summed E-state index contributed by atoms with van der Waals surface area (Å²) in [6.45, 7) is 0. The van der Waals surface area contributed by atoms with E-state index in [1.165, 1.54) is 60.7 Å². The second-order valence-corrected chi connectivity index (χ2v) is 9.25. The normalized spacial score (nSPS) is 23.9. The van der Waals surface area contributed by atoms with Crippen LogP contribution in [0.15, 0.2) is 72.8 Å². The molecule has 2 aliphatic heterocycles. The SMILES string of the molecule is O=C1[C@@H]2[C@@H](c3ccc([N+](=O)[O-])cc3)OC3(C(=O)c4ccccc4C3=O)[C@H]2C(=O)N1c1ccc(Cl)cc1. The average Bonchev–Trinajstić information content (AvgIpc) is 3.45. The van der Waals surface area contributed by atoms with E-state index >= 15 is 0 Å². The fourth-order valence-electron chi connectivity index (χ4n) is 5.45. The van der Waals surface area contributed by atoms with Crippen molar-refractivity contribution in [2.75, 3.05) is 4.90 Å². The van der Waals surface area contributed by atoms with Crippen LogP contribution in [0.2, 0.25) is 5.02 Å². The second kappa shape index (κ2) is 7.64. The number of nitro groups is 1. The minimum atomic E-state index is -2.21. The molecule has 178 valence electrons. The van der Waals surface area contributed by atoms with Crippen molar-refractivity contribution in [2.24, 2.45) is 11.8 Å². The lowest BCUT2D eigenvalue weighted by Crippen LogP contribution is -2.51. The number of imide groups is 1. The number of carbonyl (C=O) groups is 4. The summed E-state index contributed by atoms with van der Waals surface area (Å²) >= 11 is 5.97. The van der Waals surface area contributed by atoms with E-state index in [1.54, 1.807) is 12.1 Å². The number of anilines is 1. The van der Waals surface area contributed by atoms with E-state index in [1.807, 2.05) is 0 Å². The molecule has 3 aromatic rings. The molecule has 3 aromatic carbocycles. The molecule has 0 unspecified atom stereocenters. The molecule has 9 nitrogen and oxygen atoms in total. The summed E-state index contributed by atoms with van der Waals surface area (Å²) in [5.74, 6) is -5.33. The van der Waals surface area contributed by atoms with Gasteiger partial charge >= 0.3 is 0 Å². The minimum Gasteiger partial charge on any atom is -0.349 e. The van der Waals surface area contributed by atoms with E-state index in [-0.39, 0.29) is 22.5 Å². The number of carbonyl (C=O) groups excluding carboxylic acids is 4. The lowest BCUT2D eigenvalue weighted by Gasteiger charge is -2.27. The van der Waals surface area contributed by atoms with Crippen molar-refractivity contribution in [1.82, 2.24) is 0 Å². The zero-order valence-electron chi connectivity index (χ0n) is 18.3. The van der Waals surface area contributed by atoms with Crippen molar-refractivity contribution in [3.63, 3.8) is 0 Å². The van der Waals surface area contributed by atoms with Gasteiger partial charge in [-0.15, -0.1) is 0 Å². The van der Waals surface area contributed by atoms with Crippen LogP contribution in [0.25, 0.3) is 0 Å². The van der Waals surface area contributed by atoms with E-state index in [0.29, 0.717) is 10.6 Å². The van der Waals surface area contributed by atoms with E-state index in [4.69, 9.17) is 16.3 Å². The predicted molar refractivity (Wildman–Crippen MR) is 126 cm³/mol. The predicted octanol–water partition coefficient (Wildman–Crippen LogP) is 3.94.